The first kappa shape index (κ1) is 13.7. The molecule has 0 fully saturated rings. The fourth-order valence-electron chi connectivity index (χ4n) is 2.59. The van der Waals surface area contributed by atoms with E-state index in [2.05, 4.69) is 10.4 Å². The number of halogens is 1. The van der Waals surface area contributed by atoms with Crippen molar-refractivity contribution < 1.29 is 4.39 Å². The predicted octanol–water partition coefficient (Wildman–Crippen LogP) is 3.24. The number of nitrogens with two attached hydrogens (primary N) is 1. The lowest BCUT2D eigenvalue weighted by molar-refractivity contribution is 0.604. The second kappa shape index (κ2) is 5.60. The molecule has 4 heteroatoms. The Balaban J connectivity index is 2.08. The predicted molar refractivity (Wildman–Crippen MR) is 82.0 cm³/mol. The van der Waals surface area contributed by atoms with Gasteiger partial charge in [-0.1, -0.05) is 18.2 Å². The lowest BCUT2D eigenvalue weighted by atomic mass is 9.96. The quantitative estimate of drug-likeness (QED) is 0.572. The van der Waals surface area contributed by atoms with Gasteiger partial charge in [-0.15, -0.1) is 0 Å². The summed E-state index contributed by atoms with van der Waals surface area (Å²) in [5.41, 5.74) is 6.34. The topological polar surface area (TPSA) is 50.9 Å². The molecular weight excluding hydrogens is 265 g/mol. The van der Waals surface area contributed by atoms with E-state index in [1.807, 2.05) is 43.3 Å². The highest BCUT2D eigenvalue weighted by molar-refractivity contribution is 5.79. The van der Waals surface area contributed by atoms with Crippen LogP contribution in [0.2, 0.25) is 0 Å². The molecule has 21 heavy (non-hydrogen) atoms. The lowest BCUT2D eigenvalue weighted by Gasteiger charge is -2.18. The van der Waals surface area contributed by atoms with Crippen molar-refractivity contribution in [2.45, 2.75) is 13.0 Å². The minimum Gasteiger partial charge on any atom is -0.271 e. The third kappa shape index (κ3) is 2.77. The van der Waals surface area contributed by atoms with Crippen molar-refractivity contribution in [3.63, 3.8) is 0 Å². The van der Waals surface area contributed by atoms with Crippen molar-refractivity contribution in [1.82, 2.24) is 10.4 Å². The molecule has 3 N–H and O–H groups in total. The van der Waals surface area contributed by atoms with Gasteiger partial charge >= 0.3 is 0 Å². The molecule has 0 aliphatic carbocycles. The summed E-state index contributed by atoms with van der Waals surface area (Å²) in [5.74, 6) is 5.44. The van der Waals surface area contributed by atoms with Crippen LogP contribution >= 0.6 is 0 Å². The third-order valence-electron chi connectivity index (χ3n) is 3.52. The Bertz CT molecular complexity index is 766. The number of nitrogens with zero attached hydrogens (tertiary/aromatic N) is 1. The summed E-state index contributed by atoms with van der Waals surface area (Å²) < 4.78 is 13.6. The Morgan fingerprint density at radius 3 is 2.71 bits per heavy atom. The average molecular weight is 281 g/mol. The van der Waals surface area contributed by atoms with E-state index in [0.717, 1.165) is 27.6 Å². The molecule has 1 atom stereocenters. The van der Waals surface area contributed by atoms with Gasteiger partial charge in [-0.2, -0.15) is 0 Å². The van der Waals surface area contributed by atoms with E-state index >= 15 is 0 Å². The molecule has 0 aliphatic rings. The number of pyridine rings is 1. The lowest BCUT2D eigenvalue weighted by Crippen LogP contribution is -2.29. The van der Waals surface area contributed by atoms with Crippen molar-refractivity contribution in [3.05, 3.63) is 77.2 Å². The number of hydrogen-bond acceptors (Lipinski definition) is 3. The van der Waals surface area contributed by atoms with Gasteiger partial charge in [0.2, 0.25) is 0 Å². The number of hydrogen-bond donors (Lipinski definition) is 2. The van der Waals surface area contributed by atoms with Crippen LogP contribution in [0.5, 0.6) is 0 Å². The molecular formula is C17H16FN3. The standard InChI is InChI=1S/C17H16FN3/c1-11-7-14(10-15(18)8-11)17(21-19)13-4-5-16-12(9-13)3-2-6-20-16/h2-10,17,21H,19H2,1H3. The largest absolute Gasteiger partial charge is 0.271 e. The highest BCUT2D eigenvalue weighted by Gasteiger charge is 2.14. The second-order valence-corrected chi connectivity index (χ2v) is 5.12. The minimum absolute atomic E-state index is 0.257. The molecule has 0 aliphatic heterocycles. The third-order valence-corrected chi connectivity index (χ3v) is 3.52. The zero-order valence-electron chi connectivity index (χ0n) is 11.7. The second-order valence-electron chi connectivity index (χ2n) is 5.12. The van der Waals surface area contributed by atoms with Crippen molar-refractivity contribution in [3.8, 4) is 0 Å². The van der Waals surface area contributed by atoms with Crippen LogP contribution in [0.3, 0.4) is 0 Å². The van der Waals surface area contributed by atoms with E-state index in [0.29, 0.717) is 0 Å². The highest BCUT2D eigenvalue weighted by Crippen LogP contribution is 2.25. The van der Waals surface area contributed by atoms with Crippen molar-refractivity contribution >= 4 is 10.9 Å². The number of rotatable bonds is 3. The number of hydrazine groups is 1. The number of aryl methyl sites for hydroxylation is 1. The maximum Gasteiger partial charge on any atom is 0.123 e. The Labute approximate surface area is 122 Å². The summed E-state index contributed by atoms with van der Waals surface area (Å²) in [6.45, 7) is 1.87. The van der Waals surface area contributed by atoms with Crippen LogP contribution in [-0.2, 0) is 0 Å². The van der Waals surface area contributed by atoms with E-state index in [1.165, 1.54) is 12.1 Å². The smallest absolute Gasteiger partial charge is 0.123 e. The van der Waals surface area contributed by atoms with Gasteiger partial charge < -0.3 is 0 Å². The van der Waals surface area contributed by atoms with Crippen LogP contribution in [0.15, 0.2) is 54.7 Å². The molecule has 3 nitrogen and oxygen atoms in total. The highest BCUT2D eigenvalue weighted by atomic mass is 19.1. The normalized spacial score (nSPS) is 12.5. The van der Waals surface area contributed by atoms with E-state index < -0.39 is 0 Å². The van der Waals surface area contributed by atoms with Crippen LogP contribution in [0, 0.1) is 12.7 Å². The Kier molecular flexibility index (Phi) is 3.64. The fourth-order valence-corrected chi connectivity index (χ4v) is 2.59. The summed E-state index contributed by atoms with van der Waals surface area (Å²) >= 11 is 0. The summed E-state index contributed by atoms with van der Waals surface area (Å²) in [4.78, 5) is 4.30. The van der Waals surface area contributed by atoms with E-state index in [9.17, 15) is 4.39 Å². The summed E-state index contributed by atoms with van der Waals surface area (Å²) in [5, 5.41) is 1.03. The number of aromatic nitrogens is 1. The molecule has 2 aromatic carbocycles. The van der Waals surface area contributed by atoms with Gasteiger partial charge in [-0.05, 0) is 53.9 Å². The van der Waals surface area contributed by atoms with Crippen molar-refractivity contribution in [2.24, 2.45) is 5.84 Å². The first-order chi connectivity index (χ1) is 10.2. The van der Waals surface area contributed by atoms with E-state index in [-0.39, 0.29) is 11.9 Å². The summed E-state index contributed by atoms with van der Waals surface area (Å²) in [7, 11) is 0. The molecule has 0 bridgehead atoms. The first-order valence-electron chi connectivity index (χ1n) is 6.75. The SMILES string of the molecule is Cc1cc(F)cc(C(NN)c2ccc3ncccc3c2)c1. The molecule has 0 amide bonds. The number of fused-ring (bicyclic) bond motifs is 1. The summed E-state index contributed by atoms with van der Waals surface area (Å²) in [6.07, 6.45) is 1.76. The van der Waals surface area contributed by atoms with Crippen LogP contribution < -0.4 is 11.3 Å². The maximum absolute atomic E-state index is 13.6. The van der Waals surface area contributed by atoms with E-state index in [1.54, 1.807) is 6.20 Å². The molecule has 1 unspecified atom stereocenters. The first-order valence-corrected chi connectivity index (χ1v) is 6.75. The molecule has 1 aromatic heterocycles. The van der Waals surface area contributed by atoms with Gasteiger partial charge in [0, 0.05) is 11.6 Å². The van der Waals surface area contributed by atoms with Gasteiger partial charge in [-0.3, -0.25) is 10.8 Å². The molecule has 0 saturated carbocycles. The van der Waals surface area contributed by atoms with Gasteiger partial charge in [-0.25, -0.2) is 9.82 Å². The van der Waals surface area contributed by atoms with Gasteiger partial charge in [0.1, 0.15) is 5.82 Å². The average Bonchev–Trinajstić information content (AvgIpc) is 2.47. The zero-order chi connectivity index (χ0) is 14.8. The molecule has 3 rings (SSSR count). The number of nitrogens with one attached hydrogen (secondary N) is 1. The molecule has 3 aromatic rings. The van der Waals surface area contributed by atoms with Gasteiger partial charge in [0.15, 0.2) is 0 Å². The van der Waals surface area contributed by atoms with Crippen molar-refractivity contribution in [1.29, 1.82) is 0 Å². The summed E-state index contributed by atoms with van der Waals surface area (Å²) in [6, 6.07) is 14.5. The minimum atomic E-state index is -0.260. The molecule has 1 heterocycles. The fraction of sp³-hybridized carbons (Fsp3) is 0.118. The van der Waals surface area contributed by atoms with Crippen LogP contribution in [-0.4, -0.2) is 4.98 Å². The van der Waals surface area contributed by atoms with Crippen LogP contribution in [0.25, 0.3) is 10.9 Å². The molecule has 106 valence electrons. The zero-order valence-corrected chi connectivity index (χ0v) is 11.7. The van der Waals surface area contributed by atoms with Crippen LogP contribution in [0.1, 0.15) is 22.7 Å². The Morgan fingerprint density at radius 2 is 1.95 bits per heavy atom. The Morgan fingerprint density at radius 1 is 1.10 bits per heavy atom. The monoisotopic (exact) mass is 281 g/mol. The van der Waals surface area contributed by atoms with Crippen molar-refractivity contribution in [2.75, 3.05) is 0 Å². The maximum atomic E-state index is 13.6. The van der Waals surface area contributed by atoms with Gasteiger partial charge in [0.05, 0.1) is 11.6 Å². The molecule has 0 saturated heterocycles. The van der Waals surface area contributed by atoms with Gasteiger partial charge in [0.25, 0.3) is 0 Å². The molecule has 0 spiro atoms. The van der Waals surface area contributed by atoms with Crippen LogP contribution in [0.4, 0.5) is 4.39 Å². The van der Waals surface area contributed by atoms with E-state index in [4.69, 9.17) is 5.84 Å². The Hall–Kier alpha value is -2.30. The number of benzene rings is 2. The molecule has 0 radical (unpaired) electrons.